The van der Waals surface area contributed by atoms with Crippen LogP contribution in [0.1, 0.15) is 22.8 Å². The van der Waals surface area contributed by atoms with Crippen LogP contribution in [0.2, 0.25) is 0 Å². The lowest BCUT2D eigenvalue weighted by Crippen LogP contribution is -2.29. The van der Waals surface area contributed by atoms with Crippen LogP contribution in [0.3, 0.4) is 0 Å². The number of aromatic hydroxyl groups is 1. The van der Waals surface area contributed by atoms with E-state index in [-0.39, 0.29) is 24.1 Å². The number of hydrogen-bond acceptors (Lipinski definition) is 3. The minimum Gasteiger partial charge on any atom is -0.508 e. The largest absolute Gasteiger partial charge is 0.508 e. The summed E-state index contributed by atoms with van der Waals surface area (Å²) in [5, 5.41) is 18.5. The lowest BCUT2D eigenvalue weighted by atomic mass is 9.99. The Balaban J connectivity index is 2.17. The van der Waals surface area contributed by atoms with Crippen LogP contribution in [-0.4, -0.2) is 40.1 Å². The number of carboxylic acid groups (broad SMARTS) is 1. The molecule has 1 aliphatic heterocycles. The van der Waals surface area contributed by atoms with Gasteiger partial charge in [-0.05, 0) is 36.6 Å². The molecule has 2 N–H and O–H groups in total. The highest BCUT2D eigenvalue weighted by Gasteiger charge is 2.37. The summed E-state index contributed by atoms with van der Waals surface area (Å²) in [4.78, 5) is 24.9. The number of carbonyl (C=O) groups is 2. The zero-order valence-corrected chi connectivity index (χ0v) is 11.0. The Labute approximate surface area is 111 Å². The van der Waals surface area contributed by atoms with Crippen molar-refractivity contribution in [1.82, 2.24) is 4.90 Å². The van der Waals surface area contributed by atoms with Crippen LogP contribution in [-0.2, 0) is 4.79 Å². The van der Waals surface area contributed by atoms with Crippen LogP contribution >= 0.6 is 0 Å². The van der Waals surface area contributed by atoms with E-state index in [0.717, 1.165) is 0 Å². The molecule has 0 radical (unpaired) electrons. The molecule has 0 saturated carbocycles. The van der Waals surface area contributed by atoms with Gasteiger partial charge in [-0.1, -0.05) is 6.92 Å². The molecule has 1 aromatic carbocycles. The number of nitrogens with zero attached hydrogens (tertiary/aromatic N) is 1. The van der Waals surface area contributed by atoms with Crippen LogP contribution in [0.5, 0.6) is 5.75 Å². The number of carbonyl (C=O) groups excluding carboxylic acids is 1. The Hall–Kier alpha value is -2.04. The average molecular weight is 263 g/mol. The number of amides is 1. The highest BCUT2D eigenvalue weighted by Crippen LogP contribution is 2.25. The molecule has 0 aromatic heterocycles. The van der Waals surface area contributed by atoms with Crippen molar-refractivity contribution in [3.8, 4) is 5.75 Å². The van der Waals surface area contributed by atoms with E-state index in [4.69, 9.17) is 5.11 Å². The topological polar surface area (TPSA) is 77.8 Å². The van der Waals surface area contributed by atoms with Crippen molar-refractivity contribution in [3.05, 3.63) is 29.3 Å². The summed E-state index contributed by atoms with van der Waals surface area (Å²) < 4.78 is 0. The molecular formula is C14H17NO4. The highest BCUT2D eigenvalue weighted by atomic mass is 16.4. The van der Waals surface area contributed by atoms with E-state index in [1.165, 1.54) is 6.07 Å². The van der Waals surface area contributed by atoms with Gasteiger partial charge in [0, 0.05) is 18.7 Å². The van der Waals surface area contributed by atoms with Crippen molar-refractivity contribution < 1.29 is 19.8 Å². The van der Waals surface area contributed by atoms with E-state index in [2.05, 4.69) is 0 Å². The number of aliphatic carboxylic acids is 1. The molecule has 1 aromatic rings. The van der Waals surface area contributed by atoms with Gasteiger partial charge in [-0.25, -0.2) is 0 Å². The Bertz CT molecular complexity index is 526. The number of phenols is 1. The third-order valence-corrected chi connectivity index (χ3v) is 3.66. The van der Waals surface area contributed by atoms with Gasteiger partial charge in [0.25, 0.3) is 5.91 Å². The van der Waals surface area contributed by atoms with Crippen LogP contribution < -0.4 is 0 Å². The molecular weight excluding hydrogens is 246 g/mol. The second-order valence-electron chi connectivity index (χ2n) is 5.13. The first-order chi connectivity index (χ1) is 8.90. The maximum Gasteiger partial charge on any atom is 0.308 e. The Morgan fingerprint density at radius 3 is 2.53 bits per heavy atom. The maximum atomic E-state index is 12.3. The molecule has 19 heavy (non-hydrogen) atoms. The number of phenolic OH excluding ortho intramolecular Hbond substituents is 1. The van der Waals surface area contributed by atoms with Crippen molar-refractivity contribution in [1.29, 1.82) is 0 Å². The quantitative estimate of drug-likeness (QED) is 0.847. The minimum absolute atomic E-state index is 0.0420. The van der Waals surface area contributed by atoms with E-state index in [0.29, 0.717) is 17.7 Å². The highest BCUT2D eigenvalue weighted by molar-refractivity contribution is 5.95. The number of hydrogen-bond donors (Lipinski definition) is 2. The van der Waals surface area contributed by atoms with Crippen molar-refractivity contribution in [2.75, 3.05) is 13.1 Å². The minimum atomic E-state index is -0.857. The number of carboxylic acids is 1. The summed E-state index contributed by atoms with van der Waals surface area (Å²) in [5.41, 5.74) is 1.11. The Morgan fingerprint density at radius 1 is 1.32 bits per heavy atom. The fraction of sp³-hybridized carbons (Fsp3) is 0.429. The summed E-state index contributed by atoms with van der Waals surface area (Å²) in [6, 6.07) is 4.66. The monoisotopic (exact) mass is 263 g/mol. The Morgan fingerprint density at radius 2 is 2.00 bits per heavy atom. The van der Waals surface area contributed by atoms with Gasteiger partial charge >= 0.3 is 5.97 Å². The van der Waals surface area contributed by atoms with Crippen LogP contribution in [0.15, 0.2) is 18.2 Å². The van der Waals surface area contributed by atoms with E-state index < -0.39 is 11.9 Å². The molecule has 5 nitrogen and oxygen atoms in total. The summed E-state index contributed by atoms with van der Waals surface area (Å²) in [7, 11) is 0. The van der Waals surface area contributed by atoms with Gasteiger partial charge in [-0.15, -0.1) is 0 Å². The standard InChI is InChI=1S/C14H17NO4/c1-8-5-10(3-4-12(8)16)13(17)15-6-9(2)11(7-15)14(18)19/h3-5,9,11,16H,6-7H2,1-2H3,(H,18,19)/t9-,11-/m1/s1. The molecule has 0 spiro atoms. The molecule has 2 atom stereocenters. The SMILES string of the molecule is Cc1cc(C(=O)N2C[C@@H](C)[C@H](C(=O)O)C2)ccc1O. The van der Waals surface area contributed by atoms with Crippen LogP contribution in [0, 0.1) is 18.8 Å². The second kappa shape index (κ2) is 4.91. The van der Waals surface area contributed by atoms with E-state index in [9.17, 15) is 14.7 Å². The van der Waals surface area contributed by atoms with Gasteiger partial charge in [-0.2, -0.15) is 0 Å². The third kappa shape index (κ3) is 2.54. The number of aryl methyl sites for hydroxylation is 1. The fourth-order valence-electron chi connectivity index (χ4n) is 2.43. The van der Waals surface area contributed by atoms with Gasteiger partial charge in [-0.3, -0.25) is 9.59 Å². The number of rotatable bonds is 2. The molecule has 1 aliphatic rings. The van der Waals surface area contributed by atoms with Gasteiger partial charge in [0.1, 0.15) is 5.75 Å². The van der Waals surface area contributed by atoms with Crippen molar-refractivity contribution in [2.45, 2.75) is 13.8 Å². The summed E-state index contributed by atoms with van der Waals surface area (Å²) in [5.74, 6) is -1.43. The normalized spacial score (nSPS) is 22.5. The van der Waals surface area contributed by atoms with Crippen molar-refractivity contribution >= 4 is 11.9 Å². The van der Waals surface area contributed by atoms with E-state index >= 15 is 0 Å². The van der Waals surface area contributed by atoms with Gasteiger partial charge < -0.3 is 15.1 Å². The first-order valence-corrected chi connectivity index (χ1v) is 6.22. The zero-order chi connectivity index (χ0) is 14.2. The number of likely N-dealkylation sites (tertiary alicyclic amines) is 1. The van der Waals surface area contributed by atoms with E-state index in [1.54, 1.807) is 24.0 Å². The van der Waals surface area contributed by atoms with Gasteiger partial charge in [0.15, 0.2) is 0 Å². The molecule has 0 unspecified atom stereocenters. The summed E-state index contributed by atoms with van der Waals surface area (Å²) in [6.07, 6.45) is 0. The molecule has 0 bridgehead atoms. The van der Waals surface area contributed by atoms with Crippen molar-refractivity contribution in [2.24, 2.45) is 11.8 Å². The first-order valence-electron chi connectivity index (χ1n) is 6.22. The molecule has 1 amide bonds. The second-order valence-corrected chi connectivity index (χ2v) is 5.13. The lowest BCUT2D eigenvalue weighted by Gasteiger charge is -2.16. The zero-order valence-electron chi connectivity index (χ0n) is 11.0. The smallest absolute Gasteiger partial charge is 0.308 e. The van der Waals surface area contributed by atoms with Gasteiger partial charge in [0.05, 0.1) is 5.92 Å². The maximum absolute atomic E-state index is 12.3. The third-order valence-electron chi connectivity index (χ3n) is 3.66. The lowest BCUT2D eigenvalue weighted by molar-refractivity contribution is -0.142. The predicted molar refractivity (Wildman–Crippen MR) is 69.0 cm³/mol. The van der Waals surface area contributed by atoms with Crippen LogP contribution in [0.4, 0.5) is 0 Å². The summed E-state index contributed by atoms with van der Waals surface area (Å²) in [6.45, 7) is 4.26. The van der Waals surface area contributed by atoms with Crippen molar-refractivity contribution in [3.63, 3.8) is 0 Å². The fourth-order valence-corrected chi connectivity index (χ4v) is 2.43. The molecule has 1 fully saturated rings. The first kappa shape index (κ1) is 13.4. The molecule has 5 heteroatoms. The molecule has 0 aliphatic carbocycles. The Kier molecular flexibility index (Phi) is 3.46. The predicted octanol–water partition coefficient (Wildman–Crippen LogP) is 1.49. The summed E-state index contributed by atoms with van der Waals surface area (Å²) >= 11 is 0. The molecule has 102 valence electrons. The van der Waals surface area contributed by atoms with E-state index in [1.807, 2.05) is 6.92 Å². The molecule has 1 saturated heterocycles. The van der Waals surface area contributed by atoms with Crippen LogP contribution in [0.25, 0.3) is 0 Å². The average Bonchev–Trinajstić information content (AvgIpc) is 2.74. The van der Waals surface area contributed by atoms with Gasteiger partial charge in [0.2, 0.25) is 0 Å². The number of benzene rings is 1. The molecule has 1 heterocycles. The molecule has 2 rings (SSSR count).